The maximum atomic E-state index is 12.7. The predicted molar refractivity (Wildman–Crippen MR) is 101 cm³/mol. The molecule has 1 aliphatic rings. The van der Waals surface area contributed by atoms with Crippen molar-refractivity contribution in [1.29, 1.82) is 0 Å². The van der Waals surface area contributed by atoms with E-state index >= 15 is 0 Å². The van der Waals surface area contributed by atoms with Crippen LogP contribution in [0.3, 0.4) is 0 Å². The number of likely N-dealkylation sites (tertiary alicyclic amines) is 1. The zero-order valence-corrected chi connectivity index (χ0v) is 15.6. The first-order chi connectivity index (χ1) is 12.1. The minimum Gasteiger partial charge on any atom is -0.497 e. The van der Waals surface area contributed by atoms with Crippen LogP contribution in [0.4, 0.5) is 0 Å². The molecule has 2 aromatic rings. The first kappa shape index (κ1) is 17.8. The van der Waals surface area contributed by atoms with Crippen LogP contribution >= 0.6 is 11.6 Å². The van der Waals surface area contributed by atoms with E-state index in [0.29, 0.717) is 6.42 Å². The number of methoxy groups -OCH3 is 1. The molecule has 132 valence electrons. The molecular weight excluding hydrogens is 334 g/mol. The van der Waals surface area contributed by atoms with Gasteiger partial charge in [-0.25, -0.2) is 0 Å². The predicted octanol–water partition coefficient (Wildman–Crippen LogP) is 4.95. The van der Waals surface area contributed by atoms with Gasteiger partial charge in [0.05, 0.1) is 13.2 Å². The van der Waals surface area contributed by atoms with E-state index in [-0.39, 0.29) is 11.9 Å². The Morgan fingerprint density at radius 3 is 2.68 bits per heavy atom. The molecule has 1 aliphatic heterocycles. The largest absolute Gasteiger partial charge is 0.497 e. The minimum absolute atomic E-state index is 0.181. The molecule has 1 amide bonds. The highest BCUT2D eigenvalue weighted by atomic mass is 35.5. The van der Waals surface area contributed by atoms with Gasteiger partial charge in [-0.05, 0) is 61.1 Å². The number of amides is 1. The molecule has 1 heterocycles. The molecule has 0 aromatic heterocycles. The molecule has 1 saturated heterocycles. The number of nitrogens with zero attached hydrogens (tertiary/aromatic N) is 1. The summed E-state index contributed by atoms with van der Waals surface area (Å²) in [6.07, 6.45) is 3.32. The van der Waals surface area contributed by atoms with Gasteiger partial charge in [-0.15, -0.1) is 0 Å². The van der Waals surface area contributed by atoms with Gasteiger partial charge in [-0.3, -0.25) is 4.79 Å². The fraction of sp³-hybridized carbons (Fsp3) is 0.381. The van der Waals surface area contributed by atoms with Gasteiger partial charge in [-0.2, -0.15) is 0 Å². The van der Waals surface area contributed by atoms with Gasteiger partial charge in [0, 0.05) is 18.0 Å². The molecule has 1 fully saturated rings. The van der Waals surface area contributed by atoms with Crippen molar-refractivity contribution in [3.8, 4) is 5.75 Å². The Labute approximate surface area is 154 Å². The summed E-state index contributed by atoms with van der Waals surface area (Å²) in [5.74, 6) is 1.06. The van der Waals surface area contributed by atoms with Crippen molar-refractivity contribution in [3.63, 3.8) is 0 Å². The Bertz CT molecular complexity index is 742. The molecule has 4 heteroatoms. The number of carbonyl (C=O) groups is 1. The second-order valence-corrected chi connectivity index (χ2v) is 7.01. The lowest BCUT2D eigenvalue weighted by molar-refractivity contribution is -0.132. The summed E-state index contributed by atoms with van der Waals surface area (Å²) in [6, 6.07) is 14.3. The second-order valence-electron chi connectivity index (χ2n) is 6.60. The molecule has 2 aromatic carbocycles. The molecule has 3 nitrogen and oxygen atoms in total. The average molecular weight is 358 g/mol. The standard InChI is InChI=1S/C21H24ClNO2/c1-15-5-6-16(14-19(15)22)7-12-21(24)23-13-3-4-20(23)17-8-10-18(25-2)11-9-17/h5-6,8-11,14,20H,3-4,7,12-13H2,1-2H3/t20-/m1/s1. The summed E-state index contributed by atoms with van der Waals surface area (Å²) in [4.78, 5) is 14.8. The third-order valence-corrected chi connectivity index (χ3v) is 5.34. The first-order valence-electron chi connectivity index (χ1n) is 8.77. The van der Waals surface area contributed by atoms with Crippen molar-refractivity contribution < 1.29 is 9.53 Å². The van der Waals surface area contributed by atoms with Crippen molar-refractivity contribution in [1.82, 2.24) is 4.90 Å². The van der Waals surface area contributed by atoms with Crippen molar-refractivity contribution >= 4 is 17.5 Å². The maximum absolute atomic E-state index is 12.7. The summed E-state index contributed by atoms with van der Waals surface area (Å²) in [5.41, 5.74) is 3.37. The number of halogens is 1. The topological polar surface area (TPSA) is 29.5 Å². The number of aryl methyl sites for hydroxylation is 2. The van der Waals surface area contributed by atoms with Gasteiger partial charge in [0.2, 0.25) is 5.91 Å². The van der Waals surface area contributed by atoms with Gasteiger partial charge in [0.15, 0.2) is 0 Å². The van der Waals surface area contributed by atoms with E-state index in [4.69, 9.17) is 16.3 Å². The van der Waals surface area contributed by atoms with Gasteiger partial charge in [0.1, 0.15) is 5.75 Å². The van der Waals surface area contributed by atoms with Crippen LogP contribution in [0.5, 0.6) is 5.75 Å². The van der Waals surface area contributed by atoms with E-state index < -0.39 is 0 Å². The van der Waals surface area contributed by atoms with Crippen LogP contribution in [0.2, 0.25) is 5.02 Å². The van der Waals surface area contributed by atoms with Crippen molar-refractivity contribution in [2.24, 2.45) is 0 Å². The summed E-state index contributed by atoms with van der Waals surface area (Å²) < 4.78 is 5.22. The van der Waals surface area contributed by atoms with Crippen molar-refractivity contribution in [2.45, 2.75) is 38.6 Å². The van der Waals surface area contributed by atoms with Crippen LogP contribution in [0.15, 0.2) is 42.5 Å². The SMILES string of the molecule is COc1ccc([C@H]2CCCN2C(=O)CCc2ccc(C)c(Cl)c2)cc1. The Kier molecular flexibility index (Phi) is 5.64. The molecular formula is C21H24ClNO2. The molecule has 0 radical (unpaired) electrons. The number of hydrogen-bond donors (Lipinski definition) is 0. The molecule has 0 saturated carbocycles. The Morgan fingerprint density at radius 1 is 1.24 bits per heavy atom. The Hall–Kier alpha value is -2.00. The smallest absolute Gasteiger partial charge is 0.223 e. The lowest BCUT2D eigenvalue weighted by Gasteiger charge is -2.25. The van der Waals surface area contributed by atoms with Gasteiger partial charge < -0.3 is 9.64 Å². The highest BCUT2D eigenvalue weighted by Gasteiger charge is 2.29. The fourth-order valence-electron chi connectivity index (χ4n) is 3.42. The summed E-state index contributed by atoms with van der Waals surface area (Å²) in [7, 11) is 1.66. The van der Waals surface area contributed by atoms with E-state index in [2.05, 4.69) is 18.2 Å². The molecule has 0 aliphatic carbocycles. The van der Waals surface area contributed by atoms with Gasteiger partial charge in [-0.1, -0.05) is 35.9 Å². The summed E-state index contributed by atoms with van der Waals surface area (Å²) in [6.45, 7) is 2.82. The van der Waals surface area contributed by atoms with Crippen LogP contribution in [-0.4, -0.2) is 24.5 Å². The van der Waals surface area contributed by atoms with Crippen LogP contribution < -0.4 is 4.74 Å². The average Bonchev–Trinajstić information content (AvgIpc) is 3.12. The van der Waals surface area contributed by atoms with Crippen LogP contribution in [0, 0.1) is 6.92 Å². The molecule has 0 spiro atoms. The van der Waals surface area contributed by atoms with Crippen LogP contribution in [-0.2, 0) is 11.2 Å². The first-order valence-corrected chi connectivity index (χ1v) is 9.14. The molecule has 0 bridgehead atoms. The van der Waals surface area contributed by atoms with E-state index in [1.807, 2.05) is 36.1 Å². The number of ether oxygens (including phenoxy) is 1. The van der Waals surface area contributed by atoms with E-state index in [1.54, 1.807) is 7.11 Å². The molecule has 1 atom stereocenters. The summed E-state index contributed by atoms with van der Waals surface area (Å²) >= 11 is 6.18. The monoisotopic (exact) mass is 357 g/mol. The lowest BCUT2D eigenvalue weighted by atomic mass is 10.0. The summed E-state index contributed by atoms with van der Waals surface area (Å²) in [5, 5.41) is 0.766. The van der Waals surface area contributed by atoms with Crippen LogP contribution in [0.25, 0.3) is 0 Å². The van der Waals surface area contributed by atoms with E-state index in [1.165, 1.54) is 5.56 Å². The number of hydrogen-bond acceptors (Lipinski definition) is 2. The minimum atomic E-state index is 0.181. The number of rotatable bonds is 5. The number of carbonyl (C=O) groups excluding carboxylic acids is 1. The highest BCUT2D eigenvalue weighted by molar-refractivity contribution is 6.31. The van der Waals surface area contributed by atoms with Gasteiger partial charge >= 0.3 is 0 Å². The molecule has 25 heavy (non-hydrogen) atoms. The third kappa shape index (κ3) is 4.16. The van der Waals surface area contributed by atoms with E-state index in [9.17, 15) is 4.79 Å². The van der Waals surface area contributed by atoms with Crippen LogP contribution in [0.1, 0.15) is 42.0 Å². The quantitative estimate of drug-likeness (QED) is 0.757. The Balaban J connectivity index is 1.64. The lowest BCUT2D eigenvalue weighted by Crippen LogP contribution is -2.30. The normalized spacial score (nSPS) is 16.9. The Morgan fingerprint density at radius 2 is 2.00 bits per heavy atom. The van der Waals surface area contributed by atoms with Crippen molar-refractivity contribution in [3.05, 3.63) is 64.2 Å². The fourth-order valence-corrected chi connectivity index (χ4v) is 3.63. The molecule has 0 N–H and O–H groups in total. The van der Waals surface area contributed by atoms with E-state index in [0.717, 1.165) is 47.7 Å². The number of benzene rings is 2. The molecule has 3 rings (SSSR count). The highest BCUT2D eigenvalue weighted by Crippen LogP contribution is 2.33. The van der Waals surface area contributed by atoms with Crippen molar-refractivity contribution in [2.75, 3.05) is 13.7 Å². The zero-order chi connectivity index (χ0) is 17.8. The maximum Gasteiger partial charge on any atom is 0.223 e. The van der Waals surface area contributed by atoms with Gasteiger partial charge in [0.25, 0.3) is 0 Å². The second kappa shape index (κ2) is 7.92. The zero-order valence-electron chi connectivity index (χ0n) is 14.8. The molecule has 0 unspecified atom stereocenters. The third-order valence-electron chi connectivity index (χ3n) is 4.94.